The van der Waals surface area contributed by atoms with Crippen molar-refractivity contribution in [2.24, 2.45) is 0 Å². The van der Waals surface area contributed by atoms with Crippen LogP contribution in [0, 0.1) is 0 Å². The Balaban J connectivity index is -0.0000000800. The van der Waals surface area contributed by atoms with Crippen LogP contribution in [0.2, 0.25) is 19.6 Å². The summed E-state index contributed by atoms with van der Waals surface area (Å²) in [5, 5.41) is 0. The molecule has 0 aromatic carbocycles. The second-order valence-electron chi connectivity index (χ2n) is 2.17. The third-order valence-electron chi connectivity index (χ3n) is 0. The summed E-state index contributed by atoms with van der Waals surface area (Å²) < 4.78 is 0. The van der Waals surface area contributed by atoms with Crippen LogP contribution in [0.4, 0.5) is 0 Å². The zero-order valence-corrected chi connectivity index (χ0v) is 7.95. The molecule has 0 fully saturated rings. The molecule has 0 radical (unpaired) electrons. The average molecular weight is 114 g/mol. The molecule has 0 saturated heterocycles. The largest absolute Gasteiger partial charge is 1.00 e. The van der Waals surface area contributed by atoms with Crippen LogP contribution >= 0.6 is 0 Å². The molecule has 0 aliphatic rings. The van der Waals surface area contributed by atoms with Crippen LogP contribution in [0.15, 0.2) is 0 Å². The van der Waals surface area contributed by atoms with Crippen molar-refractivity contribution in [2.75, 3.05) is 0 Å². The first-order chi connectivity index (χ1) is 2.00. The van der Waals surface area contributed by atoms with Gasteiger partial charge >= 0.3 is 29.6 Å². The van der Waals surface area contributed by atoms with Gasteiger partial charge in [-0.15, -0.1) is 0 Å². The molecule has 0 unspecified atom stereocenters. The van der Waals surface area contributed by atoms with Crippen LogP contribution in [-0.4, -0.2) is 13.1 Å². The Morgan fingerprint density at radius 3 is 1.33 bits per heavy atom. The van der Waals surface area contributed by atoms with E-state index >= 15 is 0 Å². The van der Waals surface area contributed by atoms with Gasteiger partial charge in [-0.2, -0.15) is 0 Å². The summed E-state index contributed by atoms with van der Waals surface area (Å²) in [7, 11) is -1.61. The quantitative estimate of drug-likeness (QED) is 0.359. The molecule has 0 rings (SSSR count). The van der Waals surface area contributed by atoms with E-state index in [1.807, 2.05) is 19.6 Å². The Hall–Kier alpha value is 1.18. The van der Waals surface area contributed by atoms with Gasteiger partial charge in [-0.25, -0.2) is 0 Å². The van der Waals surface area contributed by atoms with Gasteiger partial charge in [-0.05, 0) is 19.6 Å². The molecule has 3 heteroatoms. The van der Waals surface area contributed by atoms with Gasteiger partial charge in [-0.3, -0.25) is 0 Å². The van der Waals surface area contributed by atoms with Gasteiger partial charge in [0.2, 0.25) is 0 Å². The van der Waals surface area contributed by atoms with Crippen molar-refractivity contribution in [2.45, 2.75) is 19.6 Å². The normalized spacial score (nSPS) is 10.0. The molecule has 6 heavy (non-hydrogen) atoms. The van der Waals surface area contributed by atoms with E-state index in [9.17, 15) is 0 Å². The molecule has 0 bridgehead atoms. The summed E-state index contributed by atoms with van der Waals surface area (Å²) in [6, 6.07) is 0. The third-order valence-corrected chi connectivity index (χ3v) is 0. The van der Waals surface area contributed by atoms with Crippen molar-refractivity contribution in [3.8, 4) is 0 Å². The smallest absolute Gasteiger partial charge is 1.00 e. The van der Waals surface area contributed by atoms with E-state index in [0.29, 0.717) is 0 Å². The number of rotatable bonds is 0. The van der Waals surface area contributed by atoms with Crippen molar-refractivity contribution in [1.82, 2.24) is 0 Å². The molecule has 0 atom stereocenters. The van der Waals surface area contributed by atoms with Gasteiger partial charge < -0.3 is 6.22 Å². The molecule has 0 aliphatic carbocycles. The van der Waals surface area contributed by atoms with Crippen LogP contribution in [0.5, 0.6) is 0 Å². The summed E-state index contributed by atoms with van der Waals surface area (Å²) in [4.78, 5) is 8.66. The SMILES string of the molecule is C[Si](C)(C)O.[H-].[Na+]. The van der Waals surface area contributed by atoms with Gasteiger partial charge in [0, 0.05) is 0 Å². The van der Waals surface area contributed by atoms with Gasteiger partial charge in [0.15, 0.2) is 8.32 Å². The Labute approximate surface area is 63.7 Å². The second kappa shape index (κ2) is 3.21. The molecule has 0 aromatic heterocycles. The topological polar surface area (TPSA) is 20.2 Å². The molecular formula is C3H11NaOSi. The number of hydrogen-bond acceptors (Lipinski definition) is 1. The summed E-state index contributed by atoms with van der Waals surface area (Å²) >= 11 is 0. The zero-order chi connectivity index (χ0) is 4.50. The van der Waals surface area contributed by atoms with E-state index < -0.39 is 8.32 Å². The molecule has 0 saturated carbocycles. The molecule has 34 valence electrons. The van der Waals surface area contributed by atoms with E-state index in [-0.39, 0.29) is 31.0 Å². The molecule has 0 aliphatic heterocycles. The summed E-state index contributed by atoms with van der Waals surface area (Å²) in [5.41, 5.74) is 0. The first-order valence-corrected chi connectivity index (χ1v) is 5.17. The summed E-state index contributed by atoms with van der Waals surface area (Å²) in [5.74, 6) is 0. The molecular weight excluding hydrogens is 103 g/mol. The molecule has 0 amide bonds. The zero-order valence-electron chi connectivity index (χ0n) is 5.95. The van der Waals surface area contributed by atoms with Crippen molar-refractivity contribution in [3.05, 3.63) is 0 Å². The Bertz CT molecular complexity index is 30.4. The second-order valence-corrected chi connectivity index (χ2v) is 6.51. The third kappa shape index (κ3) is 65.2. The van der Waals surface area contributed by atoms with E-state index in [0.717, 1.165) is 0 Å². The molecule has 0 aromatic rings. The molecule has 0 heterocycles. The van der Waals surface area contributed by atoms with Gasteiger partial charge in [-0.1, -0.05) is 0 Å². The van der Waals surface area contributed by atoms with Crippen LogP contribution in [0.1, 0.15) is 1.43 Å². The van der Waals surface area contributed by atoms with Crippen LogP contribution < -0.4 is 29.6 Å². The standard InChI is InChI=1S/C3H10OSi.Na.H/c1-5(2,3)4;;/h4H,1-3H3;;/q;+1;-1. The molecule has 1 nitrogen and oxygen atoms in total. The van der Waals surface area contributed by atoms with Crippen molar-refractivity contribution < 1.29 is 35.8 Å². The van der Waals surface area contributed by atoms with Crippen LogP contribution in [0.3, 0.4) is 0 Å². The maximum Gasteiger partial charge on any atom is 1.00 e. The monoisotopic (exact) mass is 114 g/mol. The molecule has 0 spiro atoms. The predicted octanol–water partition coefficient (Wildman–Crippen LogP) is -2.07. The molecule has 1 N–H and O–H groups in total. The minimum Gasteiger partial charge on any atom is -1.00 e. The summed E-state index contributed by atoms with van der Waals surface area (Å²) in [6.45, 7) is 5.65. The van der Waals surface area contributed by atoms with E-state index in [1.165, 1.54) is 0 Å². The van der Waals surface area contributed by atoms with Crippen LogP contribution in [-0.2, 0) is 0 Å². The Morgan fingerprint density at radius 2 is 1.33 bits per heavy atom. The van der Waals surface area contributed by atoms with E-state index in [2.05, 4.69) is 0 Å². The fourth-order valence-corrected chi connectivity index (χ4v) is 0. The summed E-state index contributed by atoms with van der Waals surface area (Å²) in [6.07, 6.45) is 0. The first-order valence-electron chi connectivity index (χ1n) is 1.72. The minimum atomic E-state index is -1.61. The first kappa shape index (κ1) is 10.2. The van der Waals surface area contributed by atoms with Gasteiger partial charge in [0.05, 0.1) is 0 Å². The fourth-order valence-electron chi connectivity index (χ4n) is 0. The fraction of sp³-hybridized carbons (Fsp3) is 1.00. The Morgan fingerprint density at radius 1 is 1.33 bits per heavy atom. The van der Waals surface area contributed by atoms with E-state index in [1.54, 1.807) is 0 Å². The van der Waals surface area contributed by atoms with Crippen LogP contribution in [0.25, 0.3) is 0 Å². The predicted molar refractivity (Wildman–Crippen MR) is 26.7 cm³/mol. The van der Waals surface area contributed by atoms with E-state index in [4.69, 9.17) is 4.80 Å². The minimum absolute atomic E-state index is 0. The average Bonchev–Trinajstić information content (AvgIpc) is 0.722. The number of hydrogen-bond donors (Lipinski definition) is 1. The van der Waals surface area contributed by atoms with Gasteiger partial charge in [0.1, 0.15) is 0 Å². The van der Waals surface area contributed by atoms with Gasteiger partial charge in [0.25, 0.3) is 0 Å². The Kier molecular flexibility index (Phi) is 5.47. The maximum absolute atomic E-state index is 8.66. The van der Waals surface area contributed by atoms with Crippen molar-refractivity contribution in [3.63, 3.8) is 0 Å². The van der Waals surface area contributed by atoms with Crippen molar-refractivity contribution in [1.29, 1.82) is 0 Å². The maximum atomic E-state index is 8.66. The van der Waals surface area contributed by atoms with Crippen molar-refractivity contribution >= 4 is 8.32 Å².